The number of thiazole rings is 1. The maximum atomic E-state index is 13.4. The van der Waals surface area contributed by atoms with Gasteiger partial charge in [-0.15, -0.1) is 11.3 Å². The molecule has 0 aliphatic heterocycles. The summed E-state index contributed by atoms with van der Waals surface area (Å²) in [6.45, 7) is 1.77. The van der Waals surface area contributed by atoms with Gasteiger partial charge in [0.15, 0.2) is 5.58 Å². The smallest absolute Gasteiger partial charge is 0.266 e. The number of rotatable bonds is 10. The molecule has 2 amide bonds. The number of halogens is 1. The third-order valence-electron chi connectivity index (χ3n) is 6.21. The normalized spacial score (nSPS) is 12.6. The molecule has 0 radical (unpaired) electrons. The van der Waals surface area contributed by atoms with E-state index in [-0.39, 0.29) is 17.9 Å². The number of benzene rings is 2. The highest BCUT2D eigenvalue weighted by Gasteiger charge is 2.30. The Labute approximate surface area is 238 Å². The van der Waals surface area contributed by atoms with Crippen LogP contribution in [0.2, 0.25) is 5.02 Å². The summed E-state index contributed by atoms with van der Waals surface area (Å²) < 4.78 is 5.61. The Morgan fingerprint density at radius 1 is 0.975 bits per heavy atom. The fourth-order valence-corrected chi connectivity index (χ4v) is 4.98. The van der Waals surface area contributed by atoms with E-state index in [9.17, 15) is 14.4 Å². The number of carbonyl (C=O) groups excluding carboxylic acids is 3. The van der Waals surface area contributed by atoms with Crippen molar-refractivity contribution in [2.45, 2.75) is 31.8 Å². The number of para-hydroxylation sites is 2. The van der Waals surface area contributed by atoms with Gasteiger partial charge in [-0.1, -0.05) is 48.9 Å². The number of carbonyl (C=O) groups is 3. The molecule has 202 valence electrons. The Hall–Kier alpha value is -4.41. The zero-order chi connectivity index (χ0) is 28.1. The van der Waals surface area contributed by atoms with Gasteiger partial charge in [-0.25, -0.2) is 9.97 Å². The maximum Gasteiger partial charge on any atom is 0.266 e. The Morgan fingerprint density at radius 3 is 2.48 bits per heavy atom. The summed E-state index contributed by atoms with van der Waals surface area (Å²) in [6.07, 6.45) is 3.50. The van der Waals surface area contributed by atoms with E-state index >= 15 is 0 Å². The molecule has 40 heavy (non-hydrogen) atoms. The fraction of sp³-hybridized carbons (Fsp3) is 0.172. The Kier molecular flexibility index (Phi) is 8.28. The summed E-state index contributed by atoms with van der Waals surface area (Å²) in [5.74, 6) is -1.56. The van der Waals surface area contributed by atoms with E-state index in [0.717, 1.165) is 5.56 Å². The third-order valence-corrected chi connectivity index (χ3v) is 7.34. The van der Waals surface area contributed by atoms with Gasteiger partial charge in [-0.2, -0.15) is 0 Å². The quantitative estimate of drug-likeness (QED) is 0.222. The van der Waals surface area contributed by atoms with Crippen LogP contribution in [-0.4, -0.2) is 44.6 Å². The molecule has 0 fully saturated rings. The van der Waals surface area contributed by atoms with Gasteiger partial charge in [-0.3, -0.25) is 19.4 Å². The van der Waals surface area contributed by atoms with Crippen molar-refractivity contribution in [1.29, 1.82) is 0 Å². The summed E-state index contributed by atoms with van der Waals surface area (Å²) in [6, 6.07) is 15.7. The van der Waals surface area contributed by atoms with Gasteiger partial charge in [0.1, 0.15) is 11.6 Å². The molecule has 3 aromatic heterocycles. The fourth-order valence-electron chi connectivity index (χ4n) is 4.09. The van der Waals surface area contributed by atoms with E-state index in [2.05, 4.69) is 25.6 Å². The van der Waals surface area contributed by atoms with E-state index in [0.29, 0.717) is 33.2 Å². The van der Waals surface area contributed by atoms with Gasteiger partial charge < -0.3 is 15.1 Å². The van der Waals surface area contributed by atoms with Gasteiger partial charge in [0.05, 0.1) is 22.3 Å². The second kappa shape index (κ2) is 12.2. The number of Topliss-reactive ketones (excluding diaryl/α,β-unsaturated/α-hetero) is 1. The first kappa shape index (κ1) is 27.2. The predicted octanol–water partition coefficient (Wildman–Crippen LogP) is 5.12. The topological polar surface area (TPSA) is 127 Å². The minimum Gasteiger partial charge on any atom is -0.434 e. The van der Waals surface area contributed by atoms with Crippen molar-refractivity contribution in [2.24, 2.45) is 0 Å². The van der Waals surface area contributed by atoms with E-state index in [1.807, 2.05) is 18.2 Å². The van der Waals surface area contributed by atoms with Gasteiger partial charge in [0, 0.05) is 34.8 Å². The van der Waals surface area contributed by atoms with Crippen molar-refractivity contribution in [3.8, 4) is 11.3 Å². The van der Waals surface area contributed by atoms with Crippen LogP contribution in [0.4, 0.5) is 0 Å². The molecule has 0 bridgehead atoms. The number of pyridine rings is 1. The molecule has 2 aromatic carbocycles. The Balaban J connectivity index is 1.32. The minimum absolute atomic E-state index is 0.0847. The number of ketones is 1. The van der Waals surface area contributed by atoms with E-state index in [1.165, 1.54) is 17.5 Å². The second-order valence-corrected chi connectivity index (χ2v) is 10.3. The molecule has 0 saturated carbocycles. The molecule has 0 spiro atoms. The van der Waals surface area contributed by atoms with Gasteiger partial charge in [0.25, 0.3) is 11.8 Å². The van der Waals surface area contributed by atoms with E-state index in [1.54, 1.807) is 61.0 Å². The third kappa shape index (κ3) is 6.08. The number of amides is 2. The predicted molar refractivity (Wildman–Crippen MR) is 152 cm³/mol. The van der Waals surface area contributed by atoms with Gasteiger partial charge >= 0.3 is 0 Å². The van der Waals surface area contributed by atoms with Crippen molar-refractivity contribution in [2.75, 3.05) is 0 Å². The molecule has 5 aromatic rings. The number of nitrogens with one attached hydrogen (secondary N) is 2. The highest BCUT2D eigenvalue weighted by atomic mass is 35.5. The average Bonchev–Trinajstić information content (AvgIpc) is 3.65. The van der Waals surface area contributed by atoms with Crippen molar-refractivity contribution < 1.29 is 18.8 Å². The first-order valence-electron chi connectivity index (χ1n) is 12.5. The van der Waals surface area contributed by atoms with Crippen LogP contribution in [0, 0.1) is 0 Å². The molecular weight excluding hydrogens is 550 g/mol. The van der Waals surface area contributed by atoms with E-state index in [4.69, 9.17) is 16.0 Å². The summed E-state index contributed by atoms with van der Waals surface area (Å²) >= 11 is 7.63. The van der Waals surface area contributed by atoms with Crippen LogP contribution in [-0.2, 0) is 11.2 Å². The largest absolute Gasteiger partial charge is 0.434 e. The average molecular weight is 574 g/mol. The molecule has 3 heterocycles. The van der Waals surface area contributed by atoms with Crippen LogP contribution >= 0.6 is 22.9 Å². The molecule has 9 nitrogen and oxygen atoms in total. The molecule has 5 rings (SSSR count). The van der Waals surface area contributed by atoms with Crippen molar-refractivity contribution in [3.63, 3.8) is 0 Å². The number of fused-ring (bicyclic) bond motifs is 1. The monoisotopic (exact) mass is 573 g/mol. The summed E-state index contributed by atoms with van der Waals surface area (Å²) in [7, 11) is 0. The highest BCUT2D eigenvalue weighted by molar-refractivity contribution is 7.09. The van der Waals surface area contributed by atoms with Crippen LogP contribution in [0.1, 0.15) is 39.4 Å². The zero-order valence-electron chi connectivity index (χ0n) is 21.3. The van der Waals surface area contributed by atoms with Crippen molar-refractivity contribution in [3.05, 3.63) is 99.9 Å². The lowest BCUT2D eigenvalue weighted by molar-refractivity contribution is -0.123. The van der Waals surface area contributed by atoms with E-state index < -0.39 is 29.7 Å². The zero-order valence-corrected chi connectivity index (χ0v) is 22.9. The lowest BCUT2D eigenvalue weighted by Gasteiger charge is -2.21. The Morgan fingerprint density at radius 2 is 1.77 bits per heavy atom. The molecule has 2 atom stereocenters. The molecule has 2 N–H and O–H groups in total. The number of aromatic nitrogens is 3. The highest BCUT2D eigenvalue weighted by Crippen LogP contribution is 2.25. The van der Waals surface area contributed by atoms with Crippen molar-refractivity contribution >= 4 is 51.6 Å². The number of hydrogen-bond acceptors (Lipinski definition) is 8. The number of nitrogens with zero attached hydrogens (tertiary/aromatic N) is 3. The molecule has 0 saturated heterocycles. The molecule has 11 heteroatoms. The summed E-state index contributed by atoms with van der Waals surface area (Å²) in [4.78, 5) is 52.6. The molecule has 0 unspecified atom stereocenters. The van der Waals surface area contributed by atoms with Crippen molar-refractivity contribution in [1.82, 2.24) is 25.6 Å². The van der Waals surface area contributed by atoms with Crippen LogP contribution in [0.15, 0.2) is 82.9 Å². The summed E-state index contributed by atoms with van der Waals surface area (Å²) in [5, 5.41) is 8.52. The molecule has 0 aliphatic carbocycles. The summed E-state index contributed by atoms with van der Waals surface area (Å²) in [5.41, 5.74) is 2.65. The SMILES string of the molecule is CC[C@H](NC(=O)[C@H](Cc1nccs1)NC(=O)c1ccc(-c2ccccc2Cl)nc1)C(=O)c1nc2ccccc2o1. The Bertz CT molecular complexity index is 1620. The number of hydrogen-bond donors (Lipinski definition) is 2. The minimum atomic E-state index is -0.993. The lowest BCUT2D eigenvalue weighted by Crippen LogP contribution is -2.52. The van der Waals surface area contributed by atoms with Crippen LogP contribution in [0.25, 0.3) is 22.4 Å². The van der Waals surface area contributed by atoms with Crippen LogP contribution < -0.4 is 10.6 Å². The molecular formula is C29H24ClN5O4S. The first-order chi connectivity index (χ1) is 19.4. The molecule has 0 aliphatic rings. The van der Waals surface area contributed by atoms with Crippen LogP contribution in [0.5, 0.6) is 0 Å². The number of oxazole rings is 1. The second-order valence-electron chi connectivity index (χ2n) is 8.89. The van der Waals surface area contributed by atoms with Gasteiger partial charge in [-0.05, 0) is 36.8 Å². The standard InChI is InChI=1S/C29H24ClN5O4S/c1-2-20(26(36)29-35-22-9-5-6-10-24(22)39-29)33-28(38)23(15-25-31-13-14-40-25)34-27(37)17-11-12-21(32-16-17)18-7-3-4-8-19(18)30/h3-14,16,20,23H,2,15H2,1H3,(H,33,38)(H,34,37)/t20-,23-/m0/s1. The first-order valence-corrected chi connectivity index (χ1v) is 13.8. The lowest BCUT2D eigenvalue weighted by atomic mass is 10.1. The van der Waals surface area contributed by atoms with Gasteiger partial charge in [0.2, 0.25) is 11.7 Å². The maximum absolute atomic E-state index is 13.4. The van der Waals surface area contributed by atoms with Crippen LogP contribution in [0.3, 0.4) is 0 Å².